The maximum Gasteiger partial charge on any atom is 0.155 e. The molecule has 0 amide bonds. The molecule has 0 atom stereocenters. The van der Waals surface area contributed by atoms with Gasteiger partial charge in [0.05, 0.1) is 0 Å². The first-order valence-electron chi connectivity index (χ1n) is 3.55. The summed E-state index contributed by atoms with van der Waals surface area (Å²) in [4.78, 5) is 4.08. The van der Waals surface area contributed by atoms with Gasteiger partial charge in [-0.1, -0.05) is 20.8 Å². The highest BCUT2D eigenvalue weighted by atomic mass is 15.2. The molecule has 62 valence electrons. The Bertz CT molecular complexity index is 184. The second-order valence-electron chi connectivity index (χ2n) is 3.20. The average Bonchev–Trinajstić information content (AvgIpc) is 1.85. The molecule has 0 heterocycles. The van der Waals surface area contributed by atoms with Crippen LogP contribution in [-0.4, -0.2) is 18.8 Å². The first-order valence-corrected chi connectivity index (χ1v) is 3.55. The molecule has 0 aromatic heterocycles. The van der Waals surface area contributed by atoms with Crippen LogP contribution in [0.2, 0.25) is 0 Å². The molecule has 0 saturated heterocycles. The molecule has 0 aromatic rings. The Balaban J connectivity index is 4.61. The zero-order valence-corrected chi connectivity index (χ0v) is 7.63. The molecule has 3 nitrogen and oxygen atoms in total. The fourth-order valence-electron chi connectivity index (χ4n) is 0.559. The topological polar surface area (TPSA) is 37.1 Å². The van der Waals surface area contributed by atoms with Crippen molar-refractivity contribution in [3.8, 4) is 0 Å². The van der Waals surface area contributed by atoms with Gasteiger partial charge in [0.2, 0.25) is 0 Å². The lowest BCUT2D eigenvalue weighted by molar-refractivity contribution is 0.583. The van der Waals surface area contributed by atoms with Gasteiger partial charge < -0.3 is 0 Å². The first-order chi connectivity index (χ1) is 5.02. The zero-order chi connectivity index (χ0) is 8.91. The minimum Gasteiger partial charge on any atom is -0.244 e. The fraction of sp³-hybridized carbons (Fsp3) is 0.625. The molecule has 0 saturated carbocycles. The third kappa shape index (κ3) is 3.65. The van der Waals surface area contributed by atoms with Gasteiger partial charge >= 0.3 is 0 Å². The molecule has 0 aliphatic carbocycles. The van der Waals surface area contributed by atoms with Gasteiger partial charge in [-0.2, -0.15) is 5.10 Å². The highest BCUT2D eigenvalue weighted by Crippen LogP contribution is 2.16. The van der Waals surface area contributed by atoms with Gasteiger partial charge in [0.25, 0.3) is 0 Å². The van der Waals surface area contributed by atoms with Gasteiger partial charge in [-0.3, -0.25) is 0 Å². The summed E-state index contributed by atoms with van der Waals surface area (Å²) in [7, 11) is 0. The van der Waals surface area contributed by atoms with Gasteiger partial charge in [-0.15, -0.1) is 5.10 Å². The van der Waals surface area contributed by atoms with Crippen LogP contribution in [0.3, 0.4) is 0 Å². The number of rotatable bonds is 1. The number of aliphatic imine (C=N–C) groups is 1. The molecule has 0 fully saturated rings. The van der Waals surface area contributed by atoms with Crippen molar-refractivity contribution >= 4 is 18.8 Å². The molecule has 0 aliphatic rings. The number of hydrogen-bond donors (Lipinski definition) is 0. The van der Waals surface area contributed by atoms with E-state index in [0.717, 1.165) is 0 Å². The fourth-order valence-corrected chi connectivity index (χ4v) is 0.559. The summed E-state index contributed by atoms with van der Waals surface area (Å²) < 4.78 is 0. The molecule has 0 aliphatic heterocycles. The third-order valence-corrected chi connectivity index (χ3v) is 1.09. The van der Waals surface area contributed by atoms with Crippen molar-refractivity contribution in [3.63, 3.8) is 0 Å². The van der Waals surface area contributed by atoms with Gasteiger partial charge in [0.1, 0.15) is 0 Å². The van der Waals surface area contributed by atoms with Crippen molar-refractivity contribution in [1.29, 1.82) is 0 Å². The summed E-state index contributed by atoms with van der Waals surface area (Å²) in [5, 5.41) is 7.26. The van der Waals surface area contributed by atoms with Gasteiger partial charge in [-0.25, -0.2) is 4.99 Å². The van der Waals surface area contributed by atoms with E-state index in [1.165, 1.54) is 0 Å². The van der Waals surface area contributed by atoms with E-state index >= 15 is 0 Å². The lowest BCUT2D eigenvalue weighted by Crippen LogP contribution is -2.17. The molecule has 0 radical (unpaired) electrons. The minimum atomic E-state index is -0.0618. The average molecular weight is 153 g/mol. The second-order valence-corrected chi connectivity index (χ2v) is 3.20. The van der Waals surface area contributed by atoms with Crippen LogP contribution in [-0.2, 0) is 0 Å². The van der Waals surface area contributed by atoms with Crippen molar-refractivity contribution in [2.24, 2.45) is 20.6 Å². The van der Waals surface area contributed by atoms with Gasteiger partial charge in [0.15, 0.2) is 5.84 Å². The van der Waals surface area contributed by atoms with Crippen LogP contribution in [0.25, 0.3) is 0 Å². The molecule has 0 aromatic carbocycles. The largest absolute Gasteiger partial charge is 0.244 e. The molecular formula is C8H15N3. The zero-order valence-electron chi connectivity index (χ0n) is 7.63. The Labute approximate surface area is 67.9 Å². The van der Waals surface area contributed by atoms with Crippen LogP contribution in [0.5, 0.6) is 0 Å². The van der Waals surface area contributed by atoms with Crippen LogP contribution in [0.4, 0.5) is 0 Å². The third-order valence-electron chi connectivity index (χ3n) is 1.09. The molecular weight excluding hydrogens is 138 g/mol. The van der Waals surface area contributed by atoms with Crippen LogP contribution >= 0.6 is 0 Å². The van der Waals surface area contributed by atoms with Crippen LogP contribution in [0.1, 0.15) is 27.7 Å². The molecule has 0 bridgehead atoms. The van der Waals surface area contributed by atoms with Crippen LogP contribution < -0.4 is 0 Å². The molecule has 3 heteroatoms. The lowest BCUT2D eigenvalue weighted by Gasteiger charge is -2.15. The van der Waals surface area contributed by atoms with E-state index in [1.807, 2.05) is 27.7 Å². The molecule has 11 heavy (non-hydrogen) atoms. The summed E-state index contributed by atoms with van der Waals surface area (Å²) >= 11 is 0. The number of hydrogen-bond acceptors (Lipinski definition) is 2. The standard InChI is InChI=1S/C8H15N3/c1-6-10-7(11-9-5)8(2,3)4/h6H,5H2,1-4H3/b10-6-,11-7-. The highest BCUT2D eigenvalue weighted by molar-refractivity contribution is 5.92. The predicted octanol–water partition coefficient (Wildman–Crippen LogP) is 2.14. The van der Waals surface area contributed by atoms with Crippen LogP contribution in [0.15, 0.2) is 15.2 Å². The minimum absolute atomic E-state index is 0.0618. The quantitative estimate of drug-likeness (QED) is 0.314. The molecule has 0 rings (SSSR count). The van der Waals surface area contributed by atoms with E-state index in [4.69, 9.17) is 0 Å². The number of nitrogens with zero attached hydrogens (tertiary/aromatic N) is 3. The Morgan fingerprint density at radius 2 is 1.91 bits per heavy atom. The maximum absolute atomic E-state index is 4.08. The Hall–Kier alpha value is -0.990. The summed E-state index contributed by atoms with van der Waals surface area (Å²) in [5.74, 6) is 0.704. The highest BCUT2D eigenvalue weighted by Gasteiger charge is 2.17. The summed E-state index contributed by atoms with van der Waals surface area (Å²) in [5.41, 5.74) is -0.0618. The van der Waals surface area contributed by atoms with E-state index < -0.39 is 0 Å². The molecule has 0 N–H and O–H groups in total. The summed E-state index contributed by atoms with van der Waals surface area (Å²) in [6.45, 7) is 11.2. The Kier molecular flexibility index (Phi) is 3.65. The van der Waals surface area contributed by atoms with E-state index in [9.17, 15) is 0 Å². The van der Waals surface area contributed by atoms with Crippen molar-refractivity contribution in [2.45, 2.75) is 27.7 Å². The predicted molar refractivity (Wildman–Crippen MR) is 50.6 cm³/mol. The molecule has 0 unspecified atom stereocenters. The lowest BCUT2D eigenvalue weighted by atomic mass is 9.95. The van der Waals surface area contributed by atoms with E-state index in [1.54, 1.807) is 6.21 Å². The summed E-state index contributed by atoms with van der Waals surface area (Å²) in [6.07, 6.45) is 1.70. The van der Waals surface area contributed by atoms with Crippen molar-refractivity contribution in [3.05, 3.63) is 0 Å². The monoisotopic (exact) mass is 153 g/mol. The molecule has 0 spiro atoms. The number of amidine groups is 1. The van der Waals surface area contributed by atoms with Crippen LogP contribution in [0, 0.1) is 5.41 Å². The van der Waals surface area contributed by atoms with E-state index in [0.29, 0.717) is 5.84 Å². The first kappa shape index (κ1) is 10.0. The summed E-state index contributed by atoms with van der Waals surface area (Å²) in [6, 6.07) is 0. The van der Waals surface area contributed by atoms with Gasteiger partial charge in [0, 0.05) is 18.3 Å². The van der Waals surface area contributed by atoms with E-state index in [-0.39, 0.29) is 5.41 Å². The Morgan fingerprint density at radius 1 is 1.36 bits per heavy atom. The van der Waals surface area contributed by atoms with E-state index in [2.05, 4.69) is 21.9 Å². The van der Waals surface area contributed by atoms with Crippen molar-refractivity contribution in [1.82, 2.24) is 0 Å². The SMILES string of the molecule is C=N/N=C(\N=C/C)C(C)(C)C. The normalized spacial score (nSPS) is 14.0. The van der Waals surface area contributed by atoms with Gasteiger partial charge in [-0.05, 0) is 6.92 Å². The maximum atomic E-state index is 4.08. The van der Waals surface area contributed by atoms with Crippen molar-refractivity contribution < 1.29 is 0 Å². The Morgan fingerprint density at radius 3 is 2.18 bits per heavy atom. The smallest absolute Gasteiger partial charge is 0.155 e. The second kappa shape index (κ2) is 4.01. The van der Waals surface area contributed by atoms with Crippen molar-refractivity contribution in [2.75, 3.05) is 0 Å².